The molecule has 5 nitrogen and oxygen atoms in total. The van der Waals surface area contributed by atoms with E-state index >= 15 is 0 Å². The molecule has 0 unspecified atom stereocenters. The van der Waals surface area contributed by atoms with Gasteiger partial charge < -0.3 is 14.6 Å². The van der Waals surface area contributed by atoms with Crippen molar-refractivity contribution < 1.29 is 13.9 Å². The average molecular weight is 482 g/mol. The lowest BCUT2D eigenvalue weighted by Crippen LogP contribution is -2.18. The third kappa shape index (κ3) is 5.50. The van der Waals surface area contributed by atoms with Gasteiger partial charge in [0, 0.05) is 34.7 Å². The SMILES string of the molecule is COc1ccc(NC(=O)Cn2cc(Cc3ccc(F)cc3)n(-c3ccc(Cl)cc3)c2=S)cc1. The largest absolute Gasteiger partial charge is 0.497 e. The Hall–Kier alpha value is -3.42. The van der Waals surface area contributed by atoms with E-state index in [0.29, 0.717) is 27.7 Å². The molecule has 4 rings (SSSR count). The summed E-state index contributed by atoms with van der Waals surface area (Å²) in [6, 6.07) is 20.7. The minimum atomic E-state index is -0.291. The second kappa shape index (κ2) is 10.0. The second-order valence-corrected chi connectivity index (χ2v) is 8.22. The summed E-state index contributed by atoms with van der Waals surface area (Å²) < 4.78 is 22.6. The maximum Gasteiger partial charge on any atom is 0.244 e. The molecule has 1 aromatic heterocycles. The number of nitrogens with zero attached hydrogens (tertiary/aromatic N) is 2. The molecule has 33 heavy (non-hydrogen) atoms. The molecule has 0 fully saturated rings. The van der Waals surface area contributed by atoms with Gasteiger partial charge in [-0.3, -0.25) is 9.36 Å². The summed E-state index contributed by atoms with van der Waals surface area (Å²) in [5.74, 6) is 0.208. The number of carbonyl (C=O) groups excluding carboxylic acids is 1. The van der Waals surface area contributed by atoms with Crippen molar-refractivity contribution in [3.05, 3.63) is 106 Å². The summed E-state index contributed by atoms with van der Waals surface area (Å²) in [5, 5.41) is 3.49. The van der Waals surface area contributed by atoms with Crippen molar-refractivity contribution in [1.29, 1.82) is 0 Å². The normalized spacial score (nSPS) is 10.8. The summed E-state index contributed by atoms with van der Waals surface area (Å²) >= 11 is 11.8. The van der Waals surface area contributed by atoms with E-state index in [1.165, 1.54) is 12.1 Å². The number of amides is 1. The van der Waals surface area contributed by atoms with Gasteiger partial charge in [0.15, 0.2) is 4.77 Å². The highest BCUT2D eigenvalue weighted by Crippen LogP contribution is 2.21. The first-order valence-electron chi connectivity index (χ1n) is 10.2. The Morgan fingerprint density at radius 2 is 1.70 bits per heavy atom. The number of hydrogen-bond acceptors (Lipinski definition) is 3. The highest BCUT2D eigenvalue weighted by Gasteiger charge is 2.14. The molecule has 3 aromatic carbocycles. The van der Waals surface area contributed by atoms with Crippen LogP contribution >= 0.6 is 23.8 Å². The van der Waals surface area contributed by atoms with Crippen LogP contribution in [0, 0.1) is 10.6 Å². The van der Waals surface area contributed by atoms with Crippen molar-refractivity contribution in [3.63, 3.8) is 0 Å². The van der Waals surface area contributed by atoms with Crippen molar-refractivity contribution in [3.8, 4) is 11.4 Å². The number of rotatable bonds is 7. The number of anilines is 1. The fraction of sp³-hybridized carbons (Fsp3) is 0.120. The first-order valence-corrected chi connectivity index (χ1v) is 11.0. The van der Waals surface area contributed by atoms with Crippen molar-refractivity contribution in [1.82, 2.24) is 9.13 Å². The third-order valence-corrected chi connectivity index (χ3v) is 5.77. The molecule has 0 saturated heterocycles. The number of ether oxygens (including phenoxy) is 1. The van der Waals surface area contributed by atoms with Gasteiger partial charge in [0.2, 0.25) is 5.91 Å². The second-order valence-electron chi connectivity index (χ2n) is 7.42. The Balaban J connectivity index is 1.63. The predicted octanol–water partition coefficient (Wildman–Crippen LogP) is 6.04. The van der Waals surface area contributed by atoms with Crippen LogP contribution in [0.1, 0.15) is 11.3 Å². The van der Waals surface area contributed by atoms with Gasteiger partial charge in [0.25, 0.3) is 0 Å². The lowest BCUT2D eigenvalue weighted by molar-refractivity contribution is -0.116. The van der Waals surface area contributed by atoms with Gasteiger partial charge in [-0.1, -0.05) is 23.7 Å². The fourth-order valence-corrected chi connectivity index (χ4v) is 3.96. The number of benzene rings is 3. The van der Waals surface area contributed by atoms with Crippen LogP contribution in [0.3, 0.4) is 0 Å². The third-order valence-electron chi connectivity index (χ3n) is 5.10. The molecule has 8 heteroatoms. The molecule has 0 bridgehead atoms. The number of methoxy groups -OCH3 is 1. The van der Waals surface area contributed by atoms with Crippen molar-refractivity contribution in [2.75, 3.05) is 12.4 Å². The fourth-order valence-electron chi connectivity index (χ4n) is 3.49. The topological polar surface area (TPSA) is 48.2 Å². The summed E-state index contributed by atoms with van der Waals surface area (Å²) in [5.41, 5.74) is 3.28. The molecule has 4 aromatic rings. The molecule has 0 saturated carbocycles. The first-order chi connectivity index (χ1) is 15.9. The minimum Gasteiger partial charge on any atom is -0.497 e. The molecule has 0 aliphatic heterocycles. The molecular formula is C25H21ClFN3O2S. The van der Waals surface area contributed by atoms with Crippen LogP contribution in [0.25, 0.3) is 5.69 Å². The van der Waals surface area contributed by atoms with Gasteiger partial charge >= 0.3 is 0 Å². The molecular weight excluding hydrogens is 461 g/mol. The molecule has 0 aliphatic rings. The summed E-state index contributed by atoms with van der Waals surface area (Å²) in [6.45, 7) is 0.0435. The molecule has 1 amide bonds. The van der Waals surface area contributed by atoms with E-state index in [0.717, 1.165) is 16.9 Å². The molecule has 168 valence electrons. The average Bonchev–Trinajstić information content (AvgIpc) is 3.10. The standard InChI is InChI=1S/C25H21ClFN3O2S/c1-32-23-12-8-20(9-13-23)28-24(31)16-29-15-22(14-17-2-6-19(27)7-3-17)30(25(29)33)21-10-4-18(26)5-11-21/h2-13,15H,14,16H2,1H3,(H,28,31). The van der Waals surface area contributed by atoms with Crippen LogP contribution in [0.2, 0.25) is 5.02 Å². The van der Waals surface area contributed by atoms with Gasteiger partial charge in [0.05, 0.1) is 7.11 Å². The van der Waals surface area contributed by atoms with E-state index in [1.807, 2.05) is 22.9 Å². The van der Waals surface area contributed by atoms with Gasteiger partial charge in [-0.05, 0) is 78.4 Å². The lowest BCUT2D eigenvalue weighted by atomic mass is 10.1. The van der Waals surface area contributed by atoms with Gasteiger partial charge in [-0.2, -0.15) is 0 Å². The van der Waals surface area contributed by atoms with Gasteiger partial charge in [0.1, 0.15) is 18.1 Å². The molecule has 0 spiro atoms. The Morgan fingerprint density at radius 1 is 1.03 bits per heavy atom. The number of halogens is 2. The molecule has 1 N–H and O–H groups in total. The van der Waals surface area contributed by atoms with Crippen LogP contribution in [-0.4, -0.2) is 22.2 Å². The van der Waals surface area contributed by atoms with Gasteiger partial charge in [-0.25, -0.2) is 4.39 Å². The van der Waals surface area contributed by atoms with Crippen LogP contribution in [0.5, 0.6) is 5.75 Å². The quantitative estimate of drug-likeness (QED) is 0.327. The van der Waals surface area contributed by atoms with E-state index in [9.17, 15) is 9.18 Å². The minimum absolute atomic E-state index is 0.0435. The lowest BCUT2D eigenvalue weighted by Gasteiger charge is -2.09. The highest BCUT2D eigenvalue weighted by atomic mass is 35.5. The van der Waals surface area contributed by atoms with E-state index in [2.05, 4.69) is 5.32 Å². The molecule has 0 aliphatic carbocycles. The Kier molecular flexibility index (Phi) is 6.91. The Morgan fingerprint density at radius 3 is 2.33 bits per heavy atom. The van der Waals surface area contributed by atoms with E-state index in [4.69, 9.17) is 28.6 Å². The zero-order valence-electron chi connectivity index (χ0n) is 17.8. The maximum atomic E-state index is 13.4. The molecule has 0 radical (unpaired) electrons. The van der Waals surface area contributed by atoms with E-state index in [1.54, 1.807) is 60.2 Å². The van der Waals surface area contributed by atoms with Crippen molar-refractivity contribution in [2.45, 2.75) is 13.0 Å². The van der Waals surface area contributed by atoms with Crippen LogP contribution in [0.15, 0.2) is 79.0 Å². The summed E-state index contributed by atoms with van der Waals surface area (Å²) in [7, 11) is 1.59. The summed E-state index contributed by atoms with van der Waals surface area (Å²) in [6.07, 6.45) is 2.37. The zero-order valence-corrected chi connectivity index (χ0v) is 19.4. The van der Waals surface area contributed by atoms with E-state index in [-0.39, 0.29) is 18.3 Å². The van der Waals surface area contributed by atoms with Crippen LogP contribution < -0.4 is 10.1 Å². The van der Waals surface area contributed by atoms with Crippen LogP contribution in [-0.2, 0) is 17.8 Å². The number of imidazole rings is 1. The van der Waals surface area contributed by atoms with Crippen molar-refractivity contribution in [2.24, 2.45) is 0 Å². The predicted molar refractivity (Wildman–Crippen MR) is 130 cm³/mol. The summed E-state index contributed by atoms with van der Waals surface area (Å²) in [4.78, 5) is 12.7. The number of aromatic nitrogens is 2. The van der Waals surface area contributed by atoms with Gasteiger partial charge in [-0.15, -0.1) is 0 Å². The van der Waals surface area contributed by atoms with Crippen molar-refractivity contribution >= 4 is 35.4 Å². The zero-order chi connectivity index (χ0) is 23.4. The van der Waals surface area contributed by atoms with Crippen LogP contribution in [0.4, 0.5) is 10.1 Å². The maximum absolute atomic E-state index is 13.4. The Labute approximate surface area is 201 Å². The monoisotopic (exact) mass is 481 g/mol. The molecule has 1 heterocycles. The highest BCUT2D eigenvalue weighted by molar-refractivity contribution is 7.71. The number of hydrogen-bond donors (Lipinski definition) is 1. The molecule has 0 atom stereocenters. The Bertz CT molecular complexity index is 1310. The van der Waals surface area contributed by atoms with E-state index < -0.39 is 0 Å². The number of nitrogens with one attached hydrogen (secondary N) is 1. The number of carbonyl (C=O) groups is 1. The first kappa shape index (κ1) is 22.8. The smallest absolute Gasteiger partial charge is 0.244 e.